The molecule has 1 aliphatic rings. The highest BCUT2D eigenvalue weighted by Crippen LogP contribution is 2.34. The number of rotatable bonds is 8. The van der Waals surface area contributed by atoms with Gasteiger partial charge in [-0.3, -0.25) is 10.3 Å². The highest BCUT2D eigenvalue weighted by Gasteiger charge is 2.32. The smallest absolute Gasteiger partial charge is 0.241 e. The van der Waals surface area contributed by atoms with Gasteiger partial charge in [-0.2, -0.15) is 9.97 Å². The number of hydrazine groups is 1. The number of nitrogens with two attached hydrogens (primary N) is 1. The number of piperazine rings is 1. The number of benzene rings is 2. The summed E-state index contributed by atoms with van der Waals surface area (Å²) < 4.78 is 2.02. The maximum absolute atomic E-state index is 6.21. The number of nitrogen functional groups attached to an aromatic ring is 1. The van der Waals surface area contributed by atoms with Gasteiger partial charge in [-0.25, -0.2) is 10.8 Å². The van der Waals surface area contributed by atoms with Crippen molar-refractivity contribution in [2.75, 3.05) is 43.6 Å². The van der Waals surface area contributed by atoms with Gasteiger partial charge in [0.05, 0.1) is 12.4 Å². The van der Waals surface area contributed by atoms with Crippen LogP contribution in [0.4, 0.5) is 11.8 Å². The van der Waals surface area contributed by atoms with E-state index in [1.807, 2.05) is 42.2 Å². The molecule has 1 saturated heterocycles. The maximum atomic E-state index is 6.21. The van der Waals surface area contributed by atoms with Gasteiger partial charge in [0.25, 0.3) is 0 Å². The zero-order valence-corrected chi connectivity index (χ0v) is 22.4. The summed E-state index contributed by atoms with van der Waals surface area (Å²) in [5.41, 5.74) is 6.55. The summed E-state index contributed by atoms with van der Waals surface area (Å²) in [5.74, 6) is 6.91. The second kappa shape index (κ2) is 11.2. The zero-order chi connectivity index (χ0) is 25.9. The van der Waals surface area contributed by atoms with Crippen molar-refractivity contribution < 1.29 is 0 Å². The normalized spacial score (nSPS) is 16.6. The molecule has 37 heavy (non-hydrogen) atoms. The van der Waals surface area contributed by atoms with Gasteiger partial charge in [0.1, 0.15) is 0 Å². The summed E-state index contributed by atoms with van der Waals surface area (Å²) in [5, 5.41) is 4.62. The molecular formula is C26H31Cl2N9. The Morgan fingerprint density at radius 1 is 1.00 bits per heavy atom. The average Bonchev–Trinajstić information content (AvgIpc) is 3.32. The standard InChI is InChI=1S/C26H31Cl2N9/c1-17-15-35(23(18-3-7-20(27)8-4-18)19-5-9-21(28)10-6-19)13-14-37(17)25-22-24(32-26(33-25)34-29)36(16-31-22)12-11-30-2/h3-10,16-17,23,30H,11-15,29H2,1-2H3,(H,32,33,34). The second-order valence-corrected chi connectivity index (χ2v) is 10.1. The number of anilines is 2. The van der Waals surface area contributed by atoms with E-state index in [1.165, 1.54) is 11.1 Å². The van der Waals surface area contributed by atoms with Gasteiger partial charge in [0, 0.05) is 48.8 Å². The molecule has 2 aromatic heterocycles. The quantitative estimate of drug-likeness (QED) is 0.228. The minimum Gasteiger partial charge on any atom is -0.349 e. The highest BCUT2D eigenvalue weighted by molar-refractivity contribution is 6.30. The van der Waals surface area contributed by atoms with Crippen LogP contribution in [0, 0.1) is 0 Å². The molecule has 0 saturated carbocycles. The van der Waals surface area contributed by atoms with E-state index in [9.17, 15) is 0 Å². The van der Waals surface area contributed by atoms with Gasteiger partial charge in [0.15, 0.2) is 17.0 Å². The van der Waals surface area contributed by atoms with E-state index < -0.39 is 0 Å². The Morgan fingerprint density at radius 2 is 1.65 bits per heavy atom. The Bertz CT molecular complexity index is 1300. The number of fused-ring (bicyclic) bond motifs is 1. The molecule has 1 atom stereocenters. The predicted octanol–water partition coefficient (Wildman–Crippen LogP) is 3.94. The molecule has 9 nitrogen and oxygen atoms in total. The van der Waals surface area contributed by atoms with E-state index in [0.717, 1.165) is 59.8 Å². The number of hydrogen-bond acceptors (Lipinski definition) is 8. The third kappa shape index (κ3) is 5.37. The maximum Gasteiger partial charge on any atom is 0.241 e. The van der Waals surface area contributed by atoms with Crippen LogP contribution >= 0.6 is 23.2 Å². The van der Waals surface area contributed by atoms with Crippen LogP contribution in [0.25, 0.3) is 11.2 Å². The lowest BCUT2D eigenvalue weighted by Gasteiger charge is -2.44. The molecule has 4 N–H and O–H groups in total. The lowest BCUT2D eigenvalue weighted by molar-refractivity contribution is 0.187. The van der Waals surface area contributed by atoms with Crippen LogP contribution in [0.1, 0.15) is 24.1 Å². The molecule has 0 radical (unpaired) electrons. The molecule has 5 rings (SSSR count). The van der Waals surface area contributed by atoms with Gasteiger partial charge in [-0.15, -0.1) is 0 Å². The van der Waals surface area contributed by atoms with E-state index in [0.29, 0.717) is 5.95 Å². The lowest BCUT2D eigenvalue weighted by atomic mass is 9.95. The average molecular weight is 541 g/mol. The van der Waals surface area contributed by atoms with Crippen LogP contribution in [0.3, 0.4) is 0 Å². The first-order chi connectivity index (χ1) is 18.0. The fraction of sp³-hybridized carbons (Fsp3) is 0.346. The molecular weight excluding hydrogens is 509 g/mol. The molecule has 4 aromatic rings. The Morgan fingerprint density at radius 3 is 2.22 bits per heavy atom. The van der Waals surface area contributed by atoms with E-state index in [1.54, 1.807) is 0 Å². The van der Waals surface area contributed by atoms with Crippen LogP contribution in [0.5, 0.6) is 0 Å². The SMILES string of the molecule is CNCCn1cnc2c(N3CCN(C(c4ccc(Cl)cc4)c4ccc(Cl)cc4)CC3C)nc(NN)nc21. The third-order valence-electron chi connectivity index (χ3n) is 6.84. The van der Waals surface area contributed by atoms with Crippen molar-refractivity contribution in [2.45, 2.75) is 25.6 Å². The minimum atomic E-state index is 0.0755. The van der Waals surface area contributed by atoms with E-state index in [2.05, 4.69) is 61.7 Å². The molecule has 1 aliphatic heterocycles. The zero-order valence-electron chi connectivity index (χ0n) is 20.9. The number of imidazole rings is 1. The number of aromatic nitrogens is 4. The topological polar surface area (TPSA) is 100 Å². The summed E-state index contributed by atoms with van der Waals surface area (Å²) >= 11 is 12.4. The summed E-state index contributed by atoms with van der Waals surface area (Å²) in [4.78, 5) is 18.8. The second-order valence-electron chi connectivity index (χ2n) is 9.27. The van der Waals surface area contributed by atoms with Crippen molar-refractivity contribution in [1.82, 2.24) is 29.7 Å². The summed E-state index contributed by atoms with van der Waals surface area (Å²) in [7, 11) is 1.93. The van der Waals surface area contributed by atoms with Gasteiger partial charge in [-0.05, 0) is 49.4 Å². The Balaban J connectivity index is 1.46. The number of nitrogens with one attached hydrogen (secondary N) is 2. The van der Waals surface area contributed by atoms with Crippen LogP contribution in [-0.4, -0.2) is 63.7 Å². The Kier molecular flexibility index (Phi) is 7.78. The molecule has 0 bridgehead atoms. The van der Waals surface area contributed by atoms with Crippen LogP contribution in [0.15, 0.2) is 54.9 Å². The van der Waals surface area contributed by atoms with Crippen molar-refractivity contribution in [3.05, 3.63) is 76.0 Å². The first-order valence-corrected chi connectivity index (χ1v) is 13.1. The summed E-state index contributed by atoms with van der Waals surface area (Å²) in [6.45, 7) is 6.21. The molecule has 11 heteroatoms. The van der Waals surface area contributed by atoms with Crippen molar-refractivity contribution >= 4 is 46.1 Å². The van der Waals surface area contributed by atoms with Crippen molar-refractivity contribution in [3.63, 3.8) is 0 Å². The molecule has 0 amide bonds. The molecule has 0 spiro atoms. The monoisotopic (exact) mass is 539 g/mol. The molecule has 3 heterocycles. The Labute approximate surface area is 226 Å². The van der Waals surface area contributed by atoms with Crippen LogP contribution in [-0.2, 0) is 6.54 Å². The van der Waals surface area contributed by atoms with Gasteiger partial charge < -0.3 is 14.8 Å². The van der Waals surface area contributed by atoms with Crippen molar-refractivity contribution in [2.24, 2.45) is 5.84 Å². The van der Waals surface area contributed by atoms with Crippen molar-refractivity contribution in [1.29, 1.82) is 0 Å². The van der Waals surface area contributed by atoms with Crippen LogP contribution in [0.2, 0.25) is 10.0 Å². The number of hydrogen-bond donors (Lipinski definition) is 3. The van der Waals surface area contributed by atoms with Gasteiger partial charge in [0.2, 0.25) is 5.95 Å². The summed E-state index contributed by atoms with van der Waals surface area (Å²) in [6, 6.07) is 16.4. The molecule has 194 valence electrons. The molecule has 1 fully saturated rings. The fourth-order valence-electron chi connectivity index (χ4n) is 5.03. The summed E-state index contributed by atoms with van der Waals surface area (Å²) in [6.07, 6.45) is 1.82. The fourth-order valence-corrected chi connectivity index (χ4v) is 5.28. The molecule has 2 aromatic carbocycles. The third-order valence-corrected chi connectivity index (χ3v) is 7.35. The van der Waals surface area contributed by atoms with Gasteiger partial charge in [-0.1, -0.05) is 47.5 Å². The largest absolute Gasteiger partial charge is 0.349 e. The van der Waals surface area contributed by atoms with E-state index in [4.69, 9.17) is 34.0 Å². The molecule has 1 unspecified atom stereocenters. The number of nitrogens with zero attached hydrogens (tertiary/aromatic N) is 6. The number of halogens is 2. The van der Waals surface area contributed by atoms with Gasteiger partial charge >= 0.3 is 0 Å². The van der Waals surface area contributed by atoms with Crippen LogP contribution < -0.4 is 21.5 Å². The number of likely N-dealkylation sites (N-methyl/N-ethyl adjacent to an activating group) is 1. The minimum absolute atomic E-state index is 0.0755. The predicted molar refractivity (Wildman–Crippen MR) is 150 cm³/mol. The first-order valence-electron chi connectivity index (χ1n) is 12.3. The Hall–Kier alpha value is -2.95. The first kappa shape index (κ1) is 25.7. The highest BCUT2D eigenvalue weighted by atomic mass is 35.5. The lowest BCUT2D eigenvalue weighted by Crippen LogP contribution is -2.53. The van der Waals surface area contributed by atoms with E-state index >= 15 is 0 Å². The van der Waals surface area contributed by atoms with E-state index in [-0.39, 0.29) is 12.1 Å². The van der Waals surface area contributed by atoms with Crippen molar-refractivity contribution in [3.8, 4) is 0 Å². The molecule has 0 aliphatic carbocycles.